The highest BCUT2D eigenvalue weighted by Gasteiger charge is 2.36. The number of hydrogen-bond donors (Lipinski definition) is 7. The van der Waals surface area contributed by atoms with Gasteiger partial charge in [-0.1, -0.05) is 130 Å². The second-order valence-electron chi connectivity index (χ2n) is 22.8. The molecule has 0 aliphatic rings. The van der Waals surface area contributed by atoms with E-state index < -0.39 is 74.0 Å². The Morgan fingerprint density at radius 3 is 0.922 bits per heavy atom. The van der Waals surface area contributed by atoms with Gasteiger partial charge in [0.25, 0.3) is 17.7 Å². The first-order chi connectivity index (χ1) is 47.1. The predicted molar refractivity (Wildman–Crippen MR) is 391 cm³/mol. The number of carbonyl (C=O) groups is 6. The van der Waals surface area contributed by atoms with E-state index >= 15 is 0 Å². The van der Waals surface area contributed by atoms with E-state index in [0.29, 0.717) is 53.9 Å². The minimum atomic E-state index is -4.59. The van der Waals surface area contributed by atoms with E-state index in [2.05, 4.69) is 53.1 Å². The number of alkyl halides is 9. The van der Waals surface area contributed by atoms with Crippen molar-refractivity contribution in [3.8, 4) is 0 Å². The van der Waals surface area contributed by atoms with Crippen molar-refractivity contribution < 1.29 is 78.1 Å². The lowest BCUT2D eigenvalue weighted by Crippen LogP contribution is -2.17. The van der Waals surface area contributed by atoms with Crippen molar-refractivity contribution in [2.75, 3.05) is 22.6 Å². The number of thiocarbonyl (C=S) groups is 1. The summed E-state index contributed by atoms with van der Waals surface area (Å²) in [6.07, 6.45) is -6.60. The van der Waals surface area contributed by atoms with Gasteiger partial charge in [0.2, 0.25) is 5.91 Å². The molecular weight excluding hydrogens is 1530 g/mol. The number of amides is 4. The molecule has 1 atom stereocenters. The van der Waals surface area contributed by atoms with E-state index in [1.165, 1.54) is 88.3 Å². The molecule has 37 heteroatoms. The number of rotatable bonds is 16. The number of ether oxygens (including phenoxy) is 1. The highest BCUT2D eigenvalue weighted by atomic mass is 35.5. The van der Waals surface area contributed by atoms with Gasteiger partial charge in [0, 0.05) is 52.6 Å². The van der Waals surface area contributed by atoms with Gasteiger partial charge in [-0.05, 0) is 68.4 Å². The Kier molecular flexibility index (Phi) is 37.3. The van der Waals surface area contributed by atoms with Crippen LogP contribution in [0.2, 0.25) is 15.1 Å². The Morgan fingerprint density at radius 2 is 0.716 bits per heavy atom. The van der Waals surface area contributed by atoms with Crippen LogP contribution < -0.4 is 33.2 Å². The molecule has 0 fully saturated rings. The number of esters is 1. The highest BCUT2D eigenvalue weighted by Crippen LogP contribution is 2.39. The zero-order chi connectivity index (χ0) is 78.1. The largest absolute Gasteiger partial charge is 0.477 e. The van der Waals surface area contributed by atoms with Gasteiger partial charge in [-0.15, -0.1) is 56.7 Å². The summed E-state index contributed by atoms with van der Waals surface area (Å²) in [5, 5.41) is 18.5. The molecule has 0 aliphatic carbocycles. The van der Waals surface area contributed by atoms with Crippen LogP contribution in [-0.2, 0) is 28.1 Å². The molecule has 4 amide bonds. The molecule has 8 rings (SSSR count). The van der Waals surface area contributed by atoms with Gasteiger partial charge >= 0.3 is 30.5 Å². The maximum Gasteiger partial charge on any atom is 0.417 e. The molecule has 10 N–H and O–H groups in total. The molecule has 0 saturated heterocycles. The van der Waals surface area contributed by atoms with Crippen molar-refractivity contribution in [2.24, 2.45) is 29.0 Å². The number of aromatic nitrogens is 5. The topological polar surface area (TPSA) is 310 Å². The number of carbonyl (C=O) groups excluding carboxylic acids is 5. The molecule has 8 aromatic rings. The SMILES string of the molecule is CC(C)C(N)=O.CC(C)C(N)=S.CC(C)c1ncc(C(=O)Nc2ccc(Cl)c(C(F)(F)F)c2)s1.CC(C)c1ncc(C(=O)Nc2ccc(Cl)c(C(F)(F)F)c2)s1.CC(C)c1ncc(C(=O)O)s1.CC(N)c1ncc(C(=O)Nc2ccc(Cl)c(C(F)(F)F)c2)s1.CCOC(=O)c1cnc(C(C)C)s1. The number of hydrogen-bond acceptors (Lipinski definition) is 19. The van der Waals surface area contributed by atoms with Crippen LogP contribution in [0.25, 0.3) is 0 Å². The third kappa shape index (κ3) is 31.4. The van der Waals surface area contributed by atoms with Crippen LogP contribution in [-0.4, -0.2) is 77.2 Å². The molecular formula is C65H75Cl3F9N11O8S6. The van der Waals surface area contributed by atoms with Gasteiger partial charge in [-0.25, -0.2) is 34.5 Å². The van der Waals surface area contributed by atoms with Crippen LogP contribution in [0.5, 0.6) is 0 Å². The first kappa shape index (κ1) is 90.8. The molecule has 0 bridgehead atoms. The van der Waals surface area contributed by atoms with Gasteiger partial charge in [-0.3, -0.25) is 19.2 Å². The molecule has 102 heavy (non-hydrogen) atoms. The fourth-order valence-corrected chi connectivity index (χ4v) is 11.1. The number of nitrogens with zero attached hydrogens (tertiary/aromatic N) is 5. The maximum absolute atomic E-state index is 12.8. The number of nitrogens with two attached hydrogens (primary N) is 3. The van der Waals surface area contributed by atoms with E-state index in [1.807, 2.05) is 69.2 Å². The number of primary amides is 1. The molecule has 0 spiro atoms. The smallest absolute Gasteiger partial charge is 0.417 e. The second-order valence-corrected chi connectivity index (χ2v) is 29.8. The van der Waals surface area contributed by atoms with Crippen LogP contribution in [0.4, 0.5) is 56.6 Å². The summed E-state index contributed by atoms with van der Waals surface area (Å²) < 4.78 is 120. The monoisotopic (exact) mass is 1610 g/mol. The molecule has 5 aromatic heterocycles. The van der Waals surface area contributed by atoms with Gasteiger partial charge in [0.15, 0.2) is 0 Å². The Morgan fingerprint density at radius 1 is 0.471 bits per heavy atom. The van der Waals surface area contributed by atoms with Crippen LogP contribution in [0.3, 0.4) is 0 Å². The van der Waals surface area contributed by atoms with E-state index in [1.54, 1.807) is 33.9 Å². The summed E-state index contributed by atoms with van der Waals surface area (Å²) >= 11 is 27.3. The zero-order valence-corrected chi connectivity index (χ0v) is 64.3. The van der Waals surface area contributed by atoms with Crippen molar-refractivity contribution in [3.05, 3.63) is 167 Å². The summed E-state index contributed by atoms with van der Waals surface area (Å²) in [5.74, 6) is -1.57. The Hall–Kier alpha value is -7.28. The summed E-state index contributed by atoms with van der Waals surface area (Å²) in [6, 6.07) is 9.31. The van der Waals surface area contributed by atoms with E-state index in [4.69, 9.17) is 61.8 Å². The number of carboxylic acids is 1. The minimum absolute atomic E-state index is 0.00234. The zero-order valence-electron chi connectivity index (χ0n) is 57.1. The molecule has 0 radical (unpaired) electrons. The molecule has 3 aromatic carbocycles. The van der Waals surface area contributed by atoms with E-state index in [9.17, 15) is 68.3 Å². The molecule has 1 unspecified atom stereocenters. The van der Waals surface area contributed by atoms with Crippen LogP contribution in [0.15, 0.2) is 85.6 Å². The Balaban J connectivity index is 0.000000424. The lowest BCUT2D eigenvalue weighted by Gasteiger charge is -2.11. The summed E-state index contributed by atoms with van der Waals surface area (Å²) in [5.41, 5.74) is 12.7. The Bertz CT molecular complexity index is 3770. The van der Waals surface area contributed by atoms with Gasteiger partial charge in [-0.2, -0.15) is 39.5 Å². The van der Waals surface area contributed by atoms with Crippen LogP contribution >= 0.6 is 104 Å². The quantitative estimate of drug-likeness (QED) is 0.0269. The van der Waals surface area contributed by atoms with Gasteiger partial charge < -0.3 is 43.0 Å². The number of halogens is 12. The van der Waals surface area contributed by atoms with Crippen molar-refractivity contribution in [3.63, 3.8) is 0 Å². The first-order valence-corrected chi connectivity index (χ1v) is 35.8. The minimum Gasteiger partial charge on any atom is -0.477 e. The average Bonchev–Trinajstić information content (AvgIpc) is 1.27. The molecule has 19 nitrogen and oxygen atoms in total. The third-order valence-electron chi connectivity index (χ3n) is 12.1. The molecule has 0 saturated carbocycles. The maximum atomic E-state index is 12.8. The number of anilines is 3. The normalized spacial score (nSPS) is 11.4. The number of carboxylic acid groups (broad SMARTS) is 1. The Labute approximate surface area is 623 Å². The fourth-order valence-electron chi connectivity index (χ4n) is 6.47. The third-order valence-corrected chi connectivity index (χ3v) is 19.9. The molecule has 558 valence electrons. The summed E-state index contributed by atoms with van der Waals surface area (Å²) in [7, 11) is 0. The lowest BCUT2D eigenvalue weighted by atomic mass is 10.2. The highest BCUT2D eigenvalue weighted by molar-refractivity contribution is 7.80. The van der Waals surface area contributed by atoms with Crippen LogP contribution in [0, 0.1) is 11.8 Å². The second kappa shape index (κ2) is 41.9. The number of nitrogens with one attached hydrogen (secondary N) is 3. The standard InChI is InChI=1S/2C14H12ClF3N2OS.C13H11ClF3N3OS.C9H13NO2S.C7H9NO2S.C4H9NO.C4H9NS/c2*1-7(2)13-19-6-11(22-13)12(21)20-8-3-4-10(15)9(5-8)14(16,17)18;1-6(18)12-19-5-10(22-12)11(21)20-7-2-3-9(14)8(4-7)13(15,16)17;1-4-12-9(11)7-5-10-8(13-7)6(2)3;1-4(2)6-8-3-5(11-6)7(9)10;2*1-3(2)4(5)6/h2*3-7H,1-2H3,(H,20,21);2-6H,18H2,1H3,(H,20,21);5-6H,4H2,1-3H3;3-4H,1-2H3,(H,9,10);2*3H,1-2H3,(H2,5,6). The number of aromatic carboxylic acids is 1. The van der Waals surface area contributed by atoms with Gasteiger partial charge in [0.05, 0.1) is 100 Å². The summed E-state index contributed by atoms with van der Waals surface area (Å²) in [4.78, 5) is 90.4. The van der Waals surface area contributed by atoms with Crippen molar-refractivity contribution in [2.45, 2.75) is 145 Å². The molecule has 5 heterocycles. The molecule has 0 aliphatic heterocycles. The first-order valence-electron chi connectivity index (χ1n) is 30.2. The van der Waals surface area contributed by atoms with Crippen LogP contribution in [0.1, 0.15) is 217 Å². The fraction of sp³-hybridized carbons (Fsp3) is 0.385. The van der Waals surface area contributed by atoms with Crippen molar-refractivity contribution in [1.29, 1.82) is 0 Å². The van der Waals surface area contributed by atoms with Crippen molar-refractivity contribution >= 4 is 161 Å². The van der Waals surface area contributed by atoms with E-state index in [-0.39, 0.29) is 57.6 Å². The number of thiazole rings is 5. The number of benzene rings is 3. The average molecular weight is 1610 g/mol. The van der Waals surface area contributed by atoms with E-state index in [0.717, 1.165) is 67.8 Å². The lowest BCUT2D eigenvalue weighted by molar-refractivity contribution is -0.138. The van der Waals surface area contributed by atoms with Gasteiger partial charge in [0.1, 0.15) is 29.4 Å². The predicted octanol–water partition coefficient (Wildman–Crippen LogP) is 19.9. The summed E-state index contributed by atoms with van der Waals surface area (Å²) in [6.45, 7) is 27.2. The van der Waals surface area contributed by atoms with Crippen molar-refractivity contribution in [1.82, 2.24) is 24.9 Å².